The average Bonchev–Trinajstić information content (AvgIpc) is 2.35. The minimum absolute atomic E-state index is 0.0196. The molecule has 0 fully saturated rings. The molecule has 0 spiro atoms. The first-order valence-electron chi connectivity index (χ1n) is 5.41. The molecule has 0 saturated carbocycles. The molecule has 0 aliphatic heterocycles. The number of nitrogens with zero attached hydrogens (tertiary/aromatic N) is 2. The third-order valence-corrected chi connectivity index (χ3v) is 3.02. The van der Waals surface area contributed by atoms with Crippen LogP contribution in [-0.4, -0.2) is 10.2 Å². The molecule has 2 rings (SSSR count). The summed E-state index contributed by atoms with van der Waals surface area (Å²) >= 11 is 11.5. The molecule has 106 valence electrons. The van der Waals surface area contributed by atoms with Gasteiger partial charge >= 0.3 is 6.18 Å². The molecular formula is C12H8Cl2F3N3. The van der Waals surface area contributed by atoms with E-state index < -0.39 is 11.7 Å². The lowest BCUT2D eigenvalue weighted by atomic mass is 10.1. The van der Waals surface area contributed by atoms with Crippen LogP contribution >= 0.6 is 23.2 Å². The van der Waals surface area contributed by atoms with E-state index in [4.69, 9.17) is 23.2 Å². The standard InChI is InChI=1S/C12H8Cl2F3N3/c1-6-2-3-7(12(15,16)17)4-8(6)18-9-5-10(13)19-20-11(9)14/h2-5H,1H3,(H,18,19). The van der Waals surface area contributed by atoms with Gasteiger partial charge < -0.3 is 5.32 Å². The fourth-order valence-electron chi connectivity index (χ4n) is 1.52. The van der Waals surface area contributed by atoms with Gasteiger partial charge in [0.15, 0.2) is 10.3 Å². The van der Waals surface area contributed by atoms with Crippen LogP contribution < -0.4 is 5.32 Å². The van der Waals surface area contributed by atoms with Gasteiger partial charge in [-0.05, 0) is 24.6 Å². The van der Waals surface area contributed by atoms with Gasteiger partial charge in [0, 0.05) is 11.8 Å². The summed E-state index contributed by atoms with van der Waals surface area (Å²) in [6.45, 7) is 1.67. The monoisotopic (exact) mass is 321 g/mol. The number of hydrogen-bond acceptors (Lipinski definition) is 3. The molecule has 0 unspecified atom stereocenters. The molecule has 1 aromatic heterocycles. The van der Waals surface area contributed by atoms with Crippen molar-refractivity contribution in [3.63, 3.8) is 0 Å². The Morgan fingerprint density at radius 1 is 1.05 bits per heavy atom. The van der Waals surface area contributed by atoms with Gasteiger partial charge in [0.05, 0.1) is 11.3 Å². The quantitative estimate of drug-likeness (QED) is 0.858. The lowest BCUT2D eigenvalue weighted by Gasteiger charge is -2.13. The maximum atomic E-state index is 12.7. The fourth-order valence-corrected chi connectivity index (χ4v) is 1.81. The van der Waals surface area contributed by atoms with Gasteiger partial charge in [-0.25, -0.2) is 0 Å². The summed E-state index contributed by atoms with van der Waals surface area (Å²) in [6.07, 6.45) is -4.41. The predicted molar refractivity (Wildman–Crippen MR) is 71.5 cm³/mol. The van der Waals surface area contributed by atoms with Crippen LogP contribution in [0.3, 0.4) is 0 Å². The summed E-state index contributed by atoms with van der Waals surface area (Å²) in [7, 11) is 0. The zero-order valence-electron chi connectivity index (χ0n) is 10.1. The Morgan fingerprint density at radius 2 is 1.75 bits per heavy atom. The number of aromatic nitrogens is 2. The van der Waals surface area contributed by atoms with Gasteiger partial charge in [-0.2, -0.15) is 13.2 Å². The van der Waals surface area contributed by atoms with E-state index >= 15 is 0 Å². The van der Waals surface area contributed by atoms with Crippen LogP contribution in [0.5, 0.6) is 0 Å². The van der Waals surface area contributed by atoms with Crippen molar-refractivity contribution in [3.8, 4) is 0 Å². The van der Waals surface area contributed by atoms with Gasteiger partial charge in [-0.1, -0.05) is 29.3 Å². The smallest absolute Gasteiger partial charge is 0.353 e. The Labute approximate surface area is 122 Å². The molecule has 20 heavy (non-hydrogen) atoms. The van der Waals surface area contributed by atoms with Crippen molar-refractivity contribution < 1.29 is 13.2 Å². The van der Waals surface area contributed by atoms with E-state index in [1.54, 1.807) is 6.92 Å². The van der Waals surface area contributed by atoms with Gasteiger partial charge in [0.1, 0.15) is 0 Å². The summed E-state index contributed by atoms with van der Waals surface area (Å²) < 4.78 is 38.1. The van der Waals surface area contributed by atoms with Crippen molar-refractivity contribution in [1.29, 1.82) is 0 Å². The maximum absolute atomic E-state index is 12.7. The number of anilines is 2. The summed E-state index contributed by atoms with van der Waals surface area (Å²) in [4.78, 5) is 0. The van der Waals surface area contributed by atoms with Crippen molar-refractivity contribution >= 4 is 34.6 Å². The van der Waals surface area contributed by atoms with Gasteiger partial charge in [-0.15, -0.1) is 10.2 Å². The zero-order chi connectivity index (χ0) is 14.9. The van der Waals surface area contributed by atoms with E-state index in [-0.39, 0.29) is 21.7 Å². The SMILES string of the molecule is Cc1ccc(C(F)(F)F)cc1Nc1cc(Cl)nnc1Cl. The predicted octanol–water partition coefficient (Wildman–Crippen LogP) is 4.85. The van der Waals surface area contributed by atoms with Crippen LogP contribution in [-0.2, 0) is 6.18 Å². The lowest BCUT2D eigenvalue weighted by Crippen LogP contribution is -2.06. The molecule has 0 bridgehead atoms. The first kappa shape index (κ1) is 14.9. The highest BCUT2D eigenvalue weighted by Gasteiger charge is 2.30. The Kier molecular flexibility index (Phi) is 4.06. The number of halogens is 5. The molecule has 8 heteroatoms. The zero-order valence-corrected chi connectivity index (χ0v) is 11.6. The molecular weight excluding hydrogens is 314 g/mol. The second-order valence-corrected chi connectivity index (χ2v) is 4.77. The summed E-state index contributed by atoms with van der Waals surface area (Å²) in [5, 5.41) is 9.98. The Bertz CT molecular complexity index is 644. The van der Waals surface area contributed by atoms with Crippen molar-refractivity contribution in [2.45, 2.75) is 13.1 Å². The van der Waals surface area contributed by atoms with Gasteiger partial charge in [-0.3, -0.25) is 0 Å². The van der Waals surface area contributed by atoms with Crippen LogP contribution in [0.25, 0.3) is 0 Å². The normalized spacial score (nSPS) is 11.5. The molecule has 0 radical (unpaired) electrons. The molecule has 1 N–H and O–H groups in total. The van der Waals surface area contributed by atoms with E-state index in [0.717, 1.165) is 12.1 Å². The van der Waals surface area contributed by atoms with Crippen molar-refractivity contribution in [3.05, 3.63) is 45.7 Å². The number of hydrogen-bond donors (Lipinski definition) is 1. The fraction of sp³-hybridized carbons (Fsp3) is 0.167. The number of alkyl halides is 3. The second kappa shape index (κ2) is 5.46. The Morgan fingerprint density at radius 3 is 2.40 bits per heavy atom. The van der Waals surface area contributed by atoms with E-state index in [1.807, 2.05) is 0 Å². The largest absolute Gasteiger partial charge is 0.416 e. The van der Waals surface area contributed by atoms with Crippen LogP contribution in [0.2, 0.25) is 10.3 Å². The van der Waals surface area contributed by atoms with Crippen LogP contribution in [0.4, 0.5) is 24.5 Å². The number of benzene rings is 1. The summed E-state index contributed by atoms with van der Waals surface area (Å²) in [5.74, 6) is 0. The highest BCUT2D eigenvalue weighted by atomic mass is 35.5. The number of aryl methyl sites for hydroxylation is 1. The van der Waals surface area contributed by atoms with Gasteiger partial charge in [0.2, 0.25) is 0 Å². The molecule has 0 aliphatic carbocycles. The molecule has 0 saturated heterocycles. The highest BCUT2D eigenvalue weighted by molar-refractivity contribution is 6.33. The lowest BCUT2D eigenvalue weighted by molar-refractivity contribution is -0.137. The highest BCUT2D eigenvalue weighted by Crippen LogP contribution is 2.34. The molecule has 2 aromatic rings. The van der Waals surface area contributed by atoms with E-state index in [1.165, 1.54) is 12.1 Å². The van der Waals surface area contributed by atoms with E-state index in [0.29, 0.717) is 5.56 Å². The van der Waals surface area contributed by atoms with E-state index in [2.05, 4.69) is 15.5 Å². The van der Waals surface area contributed by atoms with Crippen LogP contribution in [0, 0.1) is 6.92 Å². The van der Waals surface area contributed by atoms with Crippen molar-refractivity contribution in [2.24, 2.45) is 0 Å². The second-order valence-electron chi connectivity index (χ2n) is 4.02. The van der Waals surface area contributed by atoms with Crippen LogP contribution in [0.15, 0.2) is 24.3 Å². The number of rotatable bonds is 2. The van der Waals surface area contributed by atoms with Crippen molar-refractivity contribution in [2.75, 3.05) is 5.32 Å². The summed E-state index contributed by atoms with van der Waals surface area (Å²) in [6, 6.07) is 4.77. The Balaban J connectivity index is 2.40. The van der Waals surface area contributed by atoms with Gasteiger partial charge in [0.25, 0.3) is 0 Å². The summed E-state index contributed by atoms with van der Waals surface area (Å²) in [5.41, 5.74) is 0.428. The third kappa shape index (κ3) is 3.32. The molecule has 1 heterocycles. The van der Waals surface area contributed by atoms with E-state index in [9.17, 15) is 13.2 Å². The molecule has 0 aliphatic rings. The molecule has 0 atom stereocenters. The number of nitrogens with one attached hydrogen (secondary N) is 1. The Hall–Kier alpha value is -1.53. The molecule has 3 nitrogen and oxygen atoms in total. The first-order chi connectivity index (χ1) is 9.27. The van der Waals surface area contributed by atoms with Crippen LogP contribution in [0.1, 0.15) is 11.1 Å². The first-order valence-corrected chi connectivity index (χ1v) is 6.16. The third-order valence-electron chi connectivity index (χ3n) is 2.55. The maximum Gasteiger partial charge on any atom is 0.416 e. The topological polar surface area (TPSA) is 37.8 Å². The molecule has 0 amide bonds. The van der Waals surface area contributed by atoms with Crippen molar-refractivity contribution in [1.82, 2.24) is 10.2 Å². The minimum atomic E-state index is -4.41. The minimum Gasteiger partial charge on any atom is -0.353 e. The average molecular weight is 322 g/mol. The molecule has 1 aromatic carbocycles.